The molecule has 5 heavy (non-hydrogen) atoms. The van der Waals surface area contributed by atoms with E-state index in [0.717, 1.165) is 0 Å². The number of hydrogen-bond donors (Lipinski definition) is 0. The summed E-state index contributed by atoms with van der Waals surface area (Å²) in [4.78, 5) is 0. The van der Waals surface area contributed by atoms with Crippen molar-refractivity contribution in [1.29, 1.82) is 0 Å². The molecule has 0 rings (SSSR count). The van der Waals surface area contributed by atoms with Crippen molar-refractivity contribution in [3.63, 3.8) is 0 Å². The van der Waals surface area contributed by atoms with Gasteiger partial charge < -0.3 is 0 Å². The van der Waals surface area contributed by atoms with Crippen molar-refractivity contribution in [3.8, 4) is 0 Å². The summed E-state index contributed by atoms with van der Waals surface area (Å²) in [5.74, 6) is 0. The van der Waals surface area contributed by atoms with Crippen molar-refractivity contribution in [3.05, 3.63) is 0 Å². The third kappa shape index (κ3) is 1180. The minimum absolute atomic E-state index is 0. The van der Waals surface area contributed by atoms with Crippen molar-refractivity contribution in [2.24, 2.45) is 0 Å². The molecule has 0 radical (unpaired) electrons. The molecule has 0 spiro atoms. The second-order valence-electron chi connectivity index (χ2n) is 1.73. The summed E-state index contributed by atoms with van der Waals surface area (Å²) in [6, 6.07) is 0. The van der Waals surface area contributed by atoms with Crippen LogP contribution in [0.5, 0.6) is 0 Å². The minimum atomic E-state index is -0.139. The van der Waals surface area contributed by atoms with Crippen LogP contribution in [-0.2, 0) is 0 Å². The van der Waals surface area contributed by atoms with Crippen LogP contribution in [0.3, 0.4) is 0 Å². The summed E-state index contributed by atoms with van der Waals surface area (Å²) in [7, 11) is -0.139. The van der Waals surface area contributed by atoms with Crippen molar-refractivity contribution < 1.29 is 6.15 Å². The molecule has 0 bridgehead atoms. The molecular weight excluding hydrogens is 68.1 g/mol. The van der Waals surface area contributed by atoms with Gasteiger partial charge in [-0.2, -0.15) is 0 Å². The van der Waals surface area contributed by atoms with Gasteiger partial charge in [-0.1, -0.05) is 19.6 Å². The van der Waals surface area contributed by atoms with Gasteiger partial charge in [0.2, 0.25) is 0 Å². The Morgan fingerprint density at radius 1 is 1.00 bits per heavy atom. The van der Waals surface area contributed by atoms with Gasteiger partial charge in [0.25, 0.3) is 0 Å². The summed E-state index contributed by atoms with van der Waals surface area (Å²) in [5, 5.41) is 0. The molecule has 0 nitrogen and oxygen atoms in total. The fourth-order valence-corrected chi connectivity index (χ4v) is 0. The van der Waals surface area contributed by atoms with E-state index in [2.05, 4.69) is 19.6 Å². The Bertz CT molecular complexity index is 11.6. The third-order valence-electron chi connectivity index (χ3n) is 0. The second-order valence-corrected chi connectivity index (χ2v) is 5.20. The van der Waals surface area contributed by atoms with Gasteiger partial charge in [0, 0.05) is 14.9 Å². The molecule has 0 aliphatic carbocycles. The first-order valence-corrected chi connectivity index (χ1v) is 5.20. The molecule has 0 saturated heterocycles. The molecule has 0 aromatic carbocycles. The number of hydrogen-bond acceptors (Lipinski definition) is 0. The SMILES string of the molecule is C[SiH](C)C.[He]. The van der Waals surface area contributed by atoms with Gasteiger partial charge in [-0.15, -0.1) is 0 Å². The van der Waals surface area contributed by atoms with Crippen LogP contribution in [0.25, 0.3) is 0 Å². The molecule has 0 aromatic rings. The molecular formula is C3H10HeSi. The van der Waals surface area contributed by atoms with Crippen LogP contribution in [0.15, 0.2) is 0 Å². The summed E-state index contributed by atoms with van der Waals surface area (Å²) < 4.78 is 0. The fourth-order valence-electron chi connectivity index (χ4n) is 0. The molecule has 0 N–H and O–H groups in total. The van der Waals surface area contributed by atoms with E-state index in [4.69, 9.17) is 0 Å². The predicted molar refractivity (Wildman–Crippen MR) is 24.7 cm³/mol. The van der Waals surface area contributed by atoms with E-state index in [-0.39, 0.29) is 14.9 Å². The van der Waals surface area contributed by atoms with Crippen molar-refractivity contribution in [2.45, 2.75) is 19.6 Å². The summed E-state index contributed by atoms with van der Waals surface area (Å²) in [6.07, 6.45) is 0. The zero-order valence-corrected chi connectivity index (χ0v) is 5.44. The zero-order valence-electron chi connectivity index (χ0n) is 4.28. The van der Waals surface area contributed by atoms with Gasteiger partial charge >= 0.3 is 0 Å². The first-order chi connectivity index (χ1) is 1.73. The van der Waals surface area contributed by atoms with Crippen molar-refractivity contribution >= 4 is 8.80 Å². The van der Waals surface area contributed by atoms with Crippen LogP contribution in [0, 0.1) is 6.15 Å². The Kier molecular flexibility index (Phi) is 7.37. The Morgan fingerprint density at radius 3 is 1.00 bits per heavy atom. The maximum Gasteiger partial charge on any atom is 0.0274 e. The van der Waals surface area contributed by atoms with E-state index in [1.54, 1.807) is 0 Å². The molecule has 0 heterocycles. The van der Waals surface area contributed by atoms with E-state index >= 15 is 0 Å². The van der Waals surface area contributed by atoms with E-state index in [0.29, 0.717) is 0 Å². The Hall–Kier alpha value is 0.126. The van der Waals surface area contributed by atoms with Crippen LogP contribution in [0.1, 0.15) is 0 Å². The van der Waals surface area contributed by atoms with E-state index in [9.17, 15) is 0 Å². The van der Waals surface area contributed by atoms with Gasteiger partial charge in [0.15, 0.2) is 0 Å². The van der Waals surface area contributed by atoms with E-state index in [1.807, 2.05) is 0 Å². The number of rotatable bonds is 0. The van der Waals surface area contributed by atoms with Gasteiger partial charge in [0.1, 0.15) is 0 Å². The second kappa shape index (κ2) is 4.13. The van der Waals surface area contributed by atoms with Gasteiger partial charge in [-0.25, -0.2) is 0 Å². The Morgan fingerprint density at radius 2 is 1.00 bits per heavy atom. The maximum atomic E-state index is 2.31. The first-order valence-electron chi connectivity index (χ1n) is 1.73. The van der Waals surface area contributed by atoms with E-state index in [1.165, 1.54) is 0 Å². The fraction of sp³-hybridized carbons (Fsp3) is 1.00. The van der Waals surface area contributed by atoms with Crippen LogP contribution in [-0.4, -0.2) is 8.80 Å². The van der Waals surface area contributed by atoms with Crippen molar-refractivity contribution in [2.75, 3.05) is 0 Å². The monoisotopic (exact) mass is 78.1 g/mol. The zero-order chi connectivity index (χ0) is 3.58. The quantitative estimate of drug-likeness (QED) is 0.381. The molecule has 0 atom stereocenters. The van der Waals surface area contributed by atoms with Crippen LogP contribution in [0.2, 0.25) is 19.6 Å². The average molecular weight is 78.2 g/mol. The summed E-state index contributed by atoms with van der Waals surface area (Å²) >= 11 is 0. The molecule has 28 valence electrons. The largest absolute Gasteiger partial charge is 0.0724 e. The Balaban J connectivity index is 0. The van der Waals surface area contributed by atoms with E-state index < -0.39 is 0 Å². The molecule has 0 unspecified atom stereocenters. The molecule has 0 amide bonds. The molecule has 0 aliphatic heterocycles. The van der Waals surface area contributed by atoms with Crippen LogP contribution in [0.4, 0.5) is 0 Å². The Labute approximate surface area is 35.6 Å². The standard InChI is InChI=1S/C3H10Si.He/c1-4(2)3;/h4H,1-3H3;. The van der Waals surface area contributed by atoms with Crippen LogP contribution < -0.4 is 0 Å². The van der Waals surface area contributed by atoms with Gasteiger partial charge in [-0.3, -0.25) is 0 Å². The van der Waals surface area contributed by atoms with Gasteiger partial charge in [0.05, 0.1) is 0 Å². The van der Waals surface area contributed by atoms with Gasteiger partial charge in [-0.05, 0) is 0 Å². The minimum Gasteiger partial charge on any atom is -0.0724 e. The third-order valence-corrected chi connectivity index (χ3v) is 0. The molecule has 2 heteroatoms. The smallest absolute Gasteiger partial charge is 0.0274 e. The van der Waals surface area contributed by atoms with Crippen molar-refractivity contribution in [1.82, 2.24) is 0 Å². The normalized spacial score (nSPS) is 7.20. The molecule has 0 aromatic heterocycles. The molecule has 0 aliphatic rings. The average Bonchev–Trinajstić information content (AvgIpc) is 0.811. The molecule has 0 saturated carbocycles. The molecule has 0 fully saturated rings. The van der Waals surface area contributed by atoms with Crippen LogP contribution >= 0.6 is 0 Å². The summed E-state index contributed by atoms with van der Waals surface area (Å²) in [6.45, 7) is 6.92. The first kappa shape index (κ1) is 8.93. The topological polar surface area (TPSA) is 0 Å². The summed E-state index contributed by atoms with van der Waals surface area (Å²) in [5.41, 5.74) is 0. The predicted octanol–water partition coefficient (Wildman–Crippen LogP) is 1.10. The maximum absolute atomic E-state index is 2.31.